The van der Waals surface area contributed by atoms with Crippen molar-refractivity contribution in [2.75, 3.05) is 19.8 Å². The van der Waals surface area contributed by atoms with E-state index in [4.69, 9.17) is 0 Å². The number of hydrogen-bond donors (Lipinski definition) is 1. The maximum absolute atomic E-state index is 11.6. The van der Waals surface area contributed by atoms with E-state index in [1.807, 2.05) is 13.8 Å². The summed E-state index contributed by atoms with van der Waals surface area (Å²) in [6, 6.07) is 0. The van der Waals surface area contributed by atoms with Gasteiger partial charge in [0.1, 0.15) is 5.78 Å². The fraction of sp³-hybridized carbons (Fsp3) is 0.833. The van der Waals surface area contributed by atoms with E-state index in [1.54, 1.807) is 0 Å². The minimum Gasteiger partial charge on any atom is -0.481 e. The molecule has 19 heavy (non-hydrogen) atoms. The minimum atomic E-state index is -3.43. The van der Waals surface area contributed by atoms with Crippen LogP contribution in [0.2, 0.25) is 0 Å². The summed E-state index contributed by atoms with van der Waals surface area (Å²) in [6.45, 7) is 4.94. The van der Waals surface area contributed by atoms with Crippen molar-refractivity contribution in [1.29, 1.82) is 0 Å². The van der Waals surface area contributed by atoms with E-state index in [-0.39, 0.29) is 18.2 Å². The van der Waals surface area contributed by atoms with Crippen molar-refractivity contribution in [3.8, 4) is 0 Å². The van der Waals surface area contributed by atoms with Gasteiger partial charge in [0.25, 0.3) is 0 Å². The van der Waals surface area contributed by atoms with Crippen LogP contribution in [0.1, 0.15) is 27.2 Å². The molecule has 0 aliphatic heterocycles. The average molecular weight is 293 g/mol. The molecule has 0 spiro atoms. The Bertz CT molecular complexity index is 429. The highest BCUT2D eigenvalue weighted by Gasteiger charge is 2.34. The van der Waals surface area contributed by atoms with Crippen LogP contribution in [0, 0.1) is 17.8 Å². The lowest BCUT2D eigenvalue weighted by Gasteiger charge is -2.26. The second kappa shape index (κ2) is 7.00. The van der Waals surface area contributed by atoms with E-state index in [0.717, 1.165) is 10.6 Å². The molecule has 6 nitrogen and oxygen atoms in total. The van der Waals surface area contributed by atoms with E-state index < -0.39 is 27.8 Å². The third-order valence-electron chi connectivity index (χ3n) is 3.07. The molecule has 0 aromatic rings. The van der Waals surface area contributed by atoms with Gasteiger partial charge in [0.2, 0.25) is 10.0 Å². The number of carboxylic acids is 1. The fourth-order valence-corrected chi connectivity index (χ4v) is 2.33. The van der Waals surface area contributed by atoms with Gasteiger partial charge >= 0.3 is 5.97 Å². The number of carboxylic acid groups (broad SMARTS) is 1. The summed E-state index contributed by atoms with van der Waals surface area (Å²) in [4.78, 5) is 22.9. The first-order chi connectivity index (χ1) is 8.46. The molecule has 0 saturated carbocycles. The highest BCUT2D eigenvalue weighted by Crippen LogP contribution is 2.23. The predicted octanol–water partition coefficient (Wildman–Crippen LogP) is 0.830. The van der Waals surface area contributed by atoms with Crippen LogP contribution in [-0.4, -0.2) is 49.4 Å². The monoisotopic (exact) mass is 293 g/mol. The van der Waals surface area contributed by atoms with Crippen molar-refractivity contribution >= 4 is 21.8 Å². The molecule has 0 fully saturated rings. The van der Waals surface area contributed by atoms with Gasteiger partial charge in [0.15, 0.2) is 0 Å². The van der Waals surface area contributed by atoms with Crippen LogP contribution in [0.3, 0.4) is 0 Å². The van der Waals surface area contributed by atoms with Gasteiger partial charge in [-0.25, -0.2) is 12.7 Å². The van der Waals surface area contributed by atoms with Crippen molar-refractivity contribution in [2.24, 2.45) is 17.8 Å². The maximum atomic E-state index is 11.6. The van der Waals surface area contributed by atoms with E-state index >= 15 is 0 Å². The van der Waals surface area contributed by atoms with Crippen LogP contribution in [0.5, 0.6) is 0 Å². The second-order valence-corrected chi connectivity index (χ2v) is 7.42. The van der Waals surface area contributed by atoms with Gasteiger partial charge in [0.05, 0.1) is 12.2 Å². The molecule has 7 heteroatoms. The standard InChI is InChI=1S/C12H23NO5S/c1-8(2)6-10(12(15)16)11(9(3)14)7-13(4)19(5,17)18/h8,10-11H,6-7H2,1-5H3,(H,15,16)/t10-,11-/m1/s1. The third kappa shape index (κ3) is 6.15. The lowest BCUT2D eigenvalue weighted by atomic mass is 9.83. The van der Waals surface area contributed by atoms with Gasteiger partial charge in [0, 0.05) is 19.5 Å². The smallest absolute Gasteiger partial charge is 0.307 e. The van der Waals surface area contributed by atoms with Crippen molar-refractivity contribution in [1.82, 2.24) is 4.31 Å². The summed E-state index contributed by atoms with van der Waals surface area (Å²) in [5.41, 5.74) is 0. The quantitative estimate of drug-likeness (QED) is 0.715. The normalized spacial score (nSPS) is 15.5. The lowest BCUT2D eigenvalue weighted by molar-refractivity contribution is -0.147. The fourth-order valence-electron chi connectivity index (χ4n) is 1.90. The van der Waals surface area contributed by atoms with Gasteiger partial charge in [-0.05, 0) is 19.3 Å². The number of nitrogens with zero attached hydrogens (tertiary/aromatic N) is 1. The van der Waals surface area contributed by atoms with Crippen molar-refractivity contribution < 1.29 is 23.1 Å². The third-order valence-corrected chi connectivity index (χ3v) is 4.35. The Labute approximate surface area is 114 Å². The Morgan fingerprint density at radius 1 is 1.21 bits per heavy atom. The Morgan fingerprint density at radius 2 is 1.68 bits per heavy atom. The molecule has 0 aromatic carbocycles. The first kappa shape index (κ1) is 18.0. The number of hydrogen-bond acceptors (Lipinski definition) is 4. The molecule has 0 saturated heterocycles. The predicted molar refractivity (Wildman–Crippen MR) is 72.2 cm³/mol. The maximum Gasteiger partial charge on any atom is 0.307 e. The first-order valence-corrected chi connectivity index (χ1v) is 7.96. The number of sulfonamides is 1. The summed E-state index contributed by atoms with van der Waals surface area (Å²) in [7, 11) is -2.08. The Morgan fingerprint density at radius 3 is 1.95 bits per heavy atom. The lowest BCUT2D eigenvalue weighted by Crippen LogP contribution is -2.40. The molecule has 2 atom stereocenters. The number of carbonyl (C=O) groups is 2. The molecule has 1 N–H and O–H groups in total. The molecule has 0 aliphatic rings. The topological polar surface area (TPSA) is 91.8 Å². The van der Waals surface area contributed by atoms with Crippen LogP contribution in [0.25, 0.3) is 0 Å². The highest BCUT2D eigenvalue weighted by molar-refractivity contribution is 7.88. The van der Waals surface area contributed by atoms with Crippen LogP contribution in [0.4, 0.5) is 0 Å². The SMILES string of the molecule is CC(=O)[C@@H](CN(C)S(C)(=O)=O)[C@@H](CC(C)C)C(=O)O. The van der Waals surface area contributed by atoms with E-state index in [9.17, 15) is 23.1 Å². The highest BCUT2D eigenvalue weighted by atomic mass is 32.2. The molecule has 0 rings (SSSR count). The molecule has 0 radical (unpaired) electrons. The summed E-state index contributed by atoms with van der Waals surface area (Å²) in [6.07, 6.45) is 1.37. The number of aliphatic carboxylic acids is 1. The Kier molecular flexibility index (Phi) is 6.65. The number of Topliss-reactive ketones (excluding diaryl/α,β-unsaturated/α-hetero) is 1. The van der Waals surface area contributed by atoms with Gasteiger partial charge in [-0.3, -0.25) is 9.59 Å². The molecule has 0 bridgehead atoms. The van der Waals surface area contributed by atoms with Crippen LogP contribution in [0.15, 0.2) is 0 Å². The number of rotatable bonds is 8. The zero-order valence-electron chi connectivity index (χ0n) is 12.1. The zero-order valence-corrected chi connectivity index (χ0v) is 12.9. The first-order valence-electron chi connectivity index (χ1n) is 6.11. The molecule has 0 amide bonds. The van der Waals surface area contributed by atoms with Gasteiger partial charge in [-0.1, -0.05) is 13.8 Å². The minimum absolute atomic E-state index is 0.0994. The van der Waals surface area contributed by atoms with Gasteiger partial charge < -0.3 is 5.11 Å². The van der Waals surface area contributed by atoms with Crippen molar-refractivity contribution in [2.45, 2.75) is 27.2 Å². The number of ketones is 1. The average Bonchev–Trinajstić information content (AvgIpc) is 2.20. The molecule has 0 aromatic heterocycles. The Hall–Kier alpha value is -0.950. The molecule has 0 unspecified atom stereocenters. The second-order valence-electron chi connectivity index (χ2n) is 5.33. The molecular weight excluding hydrogens is 270 g/mol. The summed E-state index contributed by atoms with van der Waals surface area (Å²) >= 11 is 0. The van der Waals surface area contributed by atoms with Gasteiger partial charge in [-0.15, -0.1) is 0 Å². The zero-order chi connectivity index (χ0) is 15.4. The van der Waals surface area contributed by atoms with Crippen LogP contribution >= 0.6 is 0 Å². The summed E-state index contributed by atoms with van der Waals surface area (Å²) in [5, 5.41) is 9.24. The largest absolute Gasteiger partial charge is 0.481 e. The van der Waals surface area contributed by atoms with Gasteiger partial charge in [-0.2, -0.15) is 0 Å². The van der Waals surface area contributed by atoms with Crippen LogP contribution in [-0.2, 0) is 19.6 Å². The van der Waals surface area contributed by atoms with E-state index in [2.05, 4.69) is 0 Å². The van der Waals surface area contributed by atoms with E-state index in [0.29, 0.717) is 6.42 Å². The molecular formula is C12H23NO5S. The van der Waals surface area contributed by atoms with E-state index in [1.165, 1.54) is 14.0 Å². The van der Waals surface area contributed by atoms with Crippen LogP contribution < -0.4 is 0 Å². The molecule has 112 valence electrons. The molecule has 0 aliphatic carbocycles. The van der Waals surface area contributed by atoms with Crippen molar-refractivity contribution in [3.63, 3.8) is 0 Å². The Balaban J connectivity index is 5.17. The summed E-state index contributed by atoms with van der Waals surface area (Å²) in [5.74, 6) is -2.92. The van der Waals surface area contributed by atoms with Crippen molar-refractivity contribution in [3.05, 3.63) is 0 Å². The number of carbonyl (C=O) groups excluding carboxylic acids is 1. The summed E-state index contributed by atoms with van der Waals surface area (Å²) < 4.78 is 23.8. The molecule has 0 heterocycles.